The topological polar surface area (TPSA) is 72.9 Å². The predicted octanol–water partition coefficient (Wildman–Crippen LogP) is 1.22. The van der Waals surface area contributed by atoms with Crippen LogP contribution in [0.5, 0.6) is 0 Å². The molecule has 0 aromatic rings. The Kier molecular flexibility index (Phi) is 6.78. The molecule has 0 bridgehead atoms. The van der Waals surface area contributed by atoms with Gasteiger partial charge in [0.25, 0.3) is 0 Å². The number of hydrogen-bond donors (Lipinski definition) is 2. The van der Waals surface area contributed by atoms with Crippen LogP contribution >= 0.6 is 0 Å². The second-order valence-corrected chi connectivity index (χ2v) is 5.76. The number of rotatable bonds is 6. The molecule has 0 radical (unpaired) electrons. The Balaban J connectivity index is 2.20. The first-order chi connectivity index (χ1) is 9.41. The monoisotopic (exact) mass is 285 g/mol. The fourth-order valence-electron chi connectivity index (χ4n) is 2.40. The number of carboxylic acid groups (broad SMARTS) is 1. The SMILES string of the molecule is CC(CCCNC(=O)N(C)C1CCN(C)CC1)C(=O)O. The van der Waals surface area contributed by atoms with Crippen LogP contribution in [0.3, 0.4) is 0 Å². The summed E-state index contributed by atoms with van der Waals surface area (Å²) in [6.07, 6.45) is 3.31. The van der Waals surface area contributed by atoms with Crippen molar-refractivity contribution in [1.82, 2.24) is 15.1 Å². The van der Waals surface area contributed by atoms with E-state index in [0.717, 1.165) is 25.9 Å². The minimum absolute atomic E-state index is 0.0532. The van der Waals surface area contributed by atoms with Crippen molar-refractivity contribution in [2.75, 3.05) is 33.7 Å². The number of amides is 2. The van der Waals surface area contributed by atoms with Crippen LogP contribution in [0, 0.1) is 5.92 Å². The molecule has 1 atom stereocenters. The molecule has 1 aliphatic heterocycles. The van der Waals surface area contributed by atoms with E-state index < -0.39 is 5.97 Å². The second kappa shape index (κ2) is 8.09. The van der Waals surface area contributed by atoms with Crippen LogP contribution in [0.4, 0.5) is 4.79 Å². The average Bonchev–Trinajstić information content (AvgIpc) is 2.43. The van der Waals surface area contributed by atoms with Crippen LogP contribution in [0.25, 0.3) is 0 Å². The Morgan fingerprint density at radius 3 is 2.55 bits per heavy atom. The van der Waals surface area contributed by atoms with E-state index in [2.05, 4.69) is 17.3 Å². The Hall–Kier alpha value is -1.30. The first-order valence-corrected chi connectivity index (χ1v) is 7.33. The first-order valence-electron chi connectivity index (χ1n) is 7.33. The predicted molar refractivity (Wildman–Crippen MR) is 77.7 cm³/mol. The van der Waals surface area contributed by atoms with E-state index in [1.807, 2.05) is 7.05 Å². The highest BCUT2D eigenvalue weighted by Gasteiger charge is 2.23. The molecule has 0 spiro atoms. The summed E-state index contributed by atoms with van der Waals surface area (Å²) in [4.78, 5) is 26.7. The third-order valence-corrected chi connectivity index (χ3v) is 4.07. The van der Waals surface area contributed by atoms with Gasteiger partial charge in [-0.25, -0.2) is 4.79 Å². The summed E-state index contributed by atoms with van der Waals surface area (Å²) in [5.74, 6) is -1.13. The van der Waals surface area contributed by atoms with Crippen LogP contribution < -0.4 is 5.32 Å². The Labute approximate surface area is 121 Å². The highest BCUT2D eigenvalue weighted by molar-refractivity contribution is 5.74. The smallest absolute Gasteiger partial charge is 0.317 e. The quantitative estimate of drug-likeness (QED) is 0.720. The summed E-state index contributed by atoms with van der Waals surface area (Å²) in [6.45, 7) is 4.28. The molecule has 6 nitrogen and oxygen atoms in total. The van der Waals surface area contributed by atoms with E-state index in [4.69, 9.17) is 5.11 Å². The number of carboxylic acids is 1. The van der Waals surface area contributed by atoms with E-state index >= 15 is 0 Å². The van der Waals surface area contributed by atoms with Gasteiger partial charge in [-0.3, -0.25) is 4.79 Å². The zero-order chi connectivity index (χ0) is 15.1. The number of piperidine rings is 1. The van der Waals surface area contributed by atoms with Crippen LogP contribution in [0.15, 0.2) is 0 Å². The van der Waals surface area contributed by atoms with Crippen LogP contribution in [0.2, 0.25) is 0 Å². The van der Waals surface area contributed by atoms with E-state index in [1.165, 1.54) is 0 Å². The van der Waals surface area contributed by atoms with Crippen molar-refractivity contribution in [2.24, 2.45) is 5.92 Å². The van der Waals surface area contributed by atoms with Crippen molar-refractivity contribution < 1.29 is 14.7 Å². The third kappa shape index (κ3) is 5.36. The standard InChI is InChI=1S/C14H27N3O3/c1-11(13(18)19)5-4-8-15-14(20)17(3)12-6-9-16(2)10-7-12/h11-12H,4-10H2,1-3H3,(H,15,20)(H,18,19). The maximum Gasteiger partial charge on any atom is 0.317 e. The van der Waals surface area contributed by atoms with Gasteiger partial charge in [-0.1, -0.05) is 6.92 Å². The molecule has 1 saturated heterocycles. The van der Waals surface area contributed by atoms with Gasteiger partial charge >= 0.3 is 12.0 Å². The van der Waals surface area contributed by atoms with Crippen molar-refractivity contribution in [3.05, 3.63) is 0 Å². The molecule has 1 fully saturated rings. The molecular weight excluding hydrogens is 258 g/mol. The lowest BCUT2D eigenvalue weighted by Gasteiger charge is -2.35. The molecule has 6 heteroatoms. The summed E-state index contributed by atoms with van der Waals surface area (Å²) < 4.78 is 0. The number of urea groups is 1. The van der Waals surface area contributed by atoms with Gasteiger partial charge in [0.1, 0.15) is 0 Å². The minimum Gasteiger partial charge on any atom is -0.481 e. The van der Waals surface area contributed by atoms with Gasteiger partial charge in [0.2, 0.25) is 0 Å². The Morgan fingerprint density at radius 2 is 2.00 bits per heavy atom. The summed E-state index contributed by atoms with van der Waals surface area (Å²) in [7, 11) is 3.94. The molecule has 1 rings (SSSR count). The summed E-state index contributed by atoms with van der Waals surface area (Å²) in [5, 5.41) is 11.6. The van der Waals surface area contributed by atoms with Crippen LogP contribution in [-0.4, -0.2) is 66.7 Å². The summed E-state index contributed by atoms with van der Waals surface area (Å²) in [5.41, 5.74) is 0. The Morgan fingerprint density at radius 1 is 1.40 bits per heavy atom. The number of aliphatic carboxylic acids is 1. The molecule has 116 valence electrons. The number of hydrogen-bond acceptors (Lipinski definition) is 3. The molecule has 1 heterocycles. The van der Waals surface area contributed by atoms with Crippen molar-refractivity contribution in [2.45, 2.75) is 38.6 Å². The molecule has 0 aromatic carbocycles. The number of likely N-dealkylation sites (tertiary alicyclic amines) is 1. The molecule has 0 aliphatic carbocycles. The molecule has 1 unspecified atom stereocenters. The Bertz CT molecular complexity index is 328. The average molecular weight is 285 g/mol. The lowest BCUT2D eigenvalue weighted by molar-refractivity contribution is -0.141. The van der Waals surface area contributed by atoms with Gasteiger partial charge in [0, 0.05) is 19.6 Å². The van der Waals surface area contributed by atoms with Gasteiger partial charge in [-0.05, 0) is 45.8 Å². The molecule has 2 N–H and O–H groups in total. The fraction of sp³-hybridized carbons (Fsp3) is 0.857. The normalized spacial score (nSPS) is 18.6. The van der Waals surface area contributed by atoms with Crippen molar-refractivity contribution in [3.63, 3.8) is 0 Å². The van der Waals surface area contributed by atoms with Crippen LogP contribution in [0.1, 0.15) is 32.6 Å². The van der Waals surface area contributed by atoms with Crippen LogP contribution in [-0.2, 0) is 4.79 Å². The van der Waals surface area contributed by atoms with Gasteiger partial charge in [0.15, 0.2) is 0 Å². The lowest BCUT2D eigenvalue weighted by Crippen LogP contribution is -2.48. The van der Waals surface area contributed by atoms with E-state index in [9.17, 15) is 9.59 Å². The summed E-state index contributed by atoms with van der Waals surface area (Å²) in [6, 6.07) is 0.256. The summed E-state index contributed by atoms with van der Waals surface area (Å²) >= 11 is 0. The zero-order valence-electron chi connectivity index (χ0n) is 12.8. The molecule has 20 heavy (non-hydrogen) atoms. The zero-order valence-corrected chi connectivity index (χ0v) is 12.8. The van der Waals surface area contributed by atoms with Gasteiger partial charge in [-0.15, -0.1) is 0 Å². The van der Waals surface area contributed by atoms with Crippen molar-refractivity contribution in [3.8, 4) is 0 Å². The maximum absolute atomic E-state index is 12.0. The number of nitrogens with zero attached hydrogens (tertiary/aromatic N) is 2. The third-order valence-electron chi connectivity index (χ3n) is 4.07. The van der Waals surface area contributed by atoms with E-state index in [1.54, 1.807) is 11.8 Å². The minimum atomic E-state index is -0.778. The maximum atomic E-state index is 12.0. The lowest BCUT2D eigenvalue weighted by atomic mass is 10.0. The first kappa shape index (κ1) is 16.8. The fourth-order valence-corrected chi connectivity index (χ4v) is 2.40. The molecule has 2 amide bonds. The molecule has 0 saturated carbocycles. The van der Waals surface area contributed by atoms with Gasteiger partial charge in [-0.2, -0.15) is 0 Å². The molecule has 0 aromatic heterocycles. The highest BCUT2D eigenvalue weighted by atomic mass is 16.4. The number of carbonyl (C=O) groups is 2. The van der Waals surface area contributed by atoms with Gasteiger partial charge < -0.3 is 20.2 Å². The highest BCUT2D eigenvalue weighted by Crippen LogP contribution is 2.14. The van der Waals surface area contributed by atoms with E-state index in [-0.39, 0.29) is 11.9 Å². The van der Waals surface area contributed by atoms with E-state index in [0.29, 0.717) is 25.4 Å². The largest absolute Gasteiger partial charge is 0.481 e. The molecule has 1 aliphatic rings. The van der Waals surface area contributed by atoms with Crippen molar-refractivity contribution >= 4 is 12.0 Å². The number of carbonyl (C=O) groups excluding carboxylic acids is 1. The molecular formula is C14H27N3O3. The van der Waals surface area contributed by atoms with Crippen molar-refractivity contribution in [1.29, 1.82) is 0 Å². The van der Waals surface area contributed by atoms with Gasteiger partial charge in [0.05, 0.1) is 5.92 Å². The second-order valence-electron chi connectivity index (χ2n) is 5.76. The number of nitrogens with one attached hydrogen (secondary N) is 1.